The Kier molecular flexibility index (Phi) is 5.63. The van der Waals surface area contributed by atoms with Crippen LogP contribution in [0.4, 0.5) is 5.69 Å². The quantitative estimate of drug-likeness (QED) is 0.567. The van der Waals surface area contributed by atoms with Crippen LogP contribution < -0.4 is 15.4 Å². The second-order valence-corrected chi connectivity index (χ2v) is 6.60. The highest BCUT2D eigenvalue weighted by atomic mass is 16.5. The topological polar surface area (TPSA) is 93.7 Å². The number of ether oxygens (including phenoxy) is 2. The number of rotatable bonds is 7. The molecule has 0 heterocycles. The molecule has 0 aliphatic heterocycles. The Hall–Kier alpha value is -3.35. The van der Waals surface area contributed by atoms with Gasteiger partial charge in [-0.2, -0.15) is 0 Å². The fourth-order valence-corrected chi connectivity index (χ4v) is 2.97. The number of hydrogen-bond donors (Lipinski definition) is 2. The number of esters is 1. The summed E-state index contributed by atoms with van der Waals surface area (Å²) in [4.78, 5) is 37.0. The van der Waals surface area contributed by atoms with Crippen LogP contribution in [0.3, 0.4) is 0 Å². The van der Waals surface area contributed by atoms with Crippen LogP contribution in [0.5, 0.6) is 5.75 Å². The molecule has 28 heavy (non-hydrogen) atoms. The molecule has 1 aliphatic carbocycles. The molecule has 1 fully saturated rings. The Morgan fingerprint density at radius 1 is 1.00 bits per heavy atom. The van der Waals surface area contributed by atoms with Gasteiger partial charge < -0.3 is 20.1 Å². The molecule has 0 radical (unpaired) electrons. The molecular weight excluding hydrogens is 360 g/mol. The SMILES string of the molecule is COC(=O)c1cccc(NC(=O)C2(C(=O)NCc3ccccc3OC)CC2)c1. The summed E-state index contributed by atoms with van der Waals surface area (Å²) in [5, 5.41) is 5.56. The lowest BCUT2D eigenvalue weighted by Gasteiger charge is -2.16. The van der Waals surface area contributed by atoms with Gasteiger partial charge in [-0.3, -0.25) is 9.59 Å². The monoisotopic (exact) mass is 382 g/mol. The first kappa shape index (κ1) is 19.4. The predicted octanol–water partition coefficient (Wildman–Crippen LogP) is 2.52. The number of amides is 2. The number of carbonyl (C=O) groups is 3. The Morgan fingerprint density at radius 2 is 1.75 bits per heavy atom. The van der Waals surface area contributed by atoms with Crippen molar-refractivity contribution in [1.82, 2.24) is 5.32 Å². The first-order valence-corrected chi connectivity index (χ1v) is 8.90. The number of methoxy groups -OCH3 is 2. The van der Waals surface area contributed by atoms with Crippen LogP contribution >= 0.6 is 0 Å². The first-order valence-electron chi connectivity index (χ1n) is 8.90. The molecule has 0 bridgehead atoms. The highest BCUT2D eigenvalue weighted by Crippen LogP contribution is 2.47. The molecule has 0 unspecified atom stereocenters. The van der Waals surface area contributed by atoms with E-state index >= 15 is 0 Å². The Bertz CT molecular complexity index is 905. The van der Waals surface area contributed by atoms with E-state index in [-0.39, 0.29) is 18.4 Å². The fraction of sp³-hybridized carbons (Fsp3) is 0.286. The Morgan fingerprint density at radius 3 is 2.43 bits per heavy atom. The minimum Gasteiger partial charge on any atom is -0.496 e. The summed E-state index contributed by atoms with van der Waals surface area (Å²) in [6.07, 6.45) is 0.959. The summed E-state index contributed by atoms with van der Waals surface area (Å²) >= 11 is 0. The number of benzene rings is 2. The molecule has 0 atom stereocenters. The summed E-state index contributed by atoms with van der Waals surface area (Å²) < 4.78 is 9.96. The van der Waals surface area contributed by atoms with E-state index in [0.717, 1.165) is 5.56 Å². The van der Waals surface area contributed by atoms with Crippen molar-refractivity contribution >= 4 is 23.5 Å². The fourth-order valence-electron chi connectivity index (χ4n) is 2.97. The van der Waals surface area contributed by atoms with E-state index in [0.29, 0.717) is 29.8 Å². The van der Waals surface area contributed by atoms with Gasteiger partial charge in [0.2, 0.25) is 11.8 Å². The van der Waals surface area contributed by atoms with Crippen molar-refractivity contribution in [1.29, 1.82) is 0 Å². The van der Waals surface area contributed by atoms with Crippen molar-refractivity contribution in [3.63, 3.8) is 0 Å². The molecule has 2 amide bonds. The van der Waals surface area contributed by atoms with Crippen LogP contribution in [0.25, 0.3) is 0 Å². The molecule has 0 aromatic heterocycles. The Balaban J connectivity index is 1.65. The van der Waals surface area contributed by atoms with Crippen molar-refractivity contribution in [2.45, 2.75) is 19.4 Å². The lowest BCUT2D eigenvalue weighted by molar-refractivity contribution is -0.134. The Labute approximate surface area is 163 Å². The zero-order valence-corrected chi connectivity index (χ0v) is 15.8. The zero-order chi connectivity index (χ0) is 20.1. The van der Waals surface area contributed by atoms with Crippen LogP contribution in [-0.2, 0) is 20.9 Å². The highest BCUT2D eigenvalue weighted by Gasteiger charge is 2.56. The summed E-state index contributed by atoms with van der Waals surface area (Å²) in [7, 11) is 2.86. The van der Waals surface area contributed by atoms with Crippen LogP contribution in [0.2, 0.25) is 0 Å². The lowest BCUT2D eigenvalue weighted by Crippen LogP contribution is -2.39. The maximum absolute atomic E-state index is 12.7. The number of anilines is 1. The average molecular weight is 382 g/mol. The predicted molar refractivity (Wildman–Crippen MR) is 103 cm³/mol. The molecule has 0 saturated heterocycles. The van der Waals surface area contributed by atoms with Crippen molar-refractivity contribution in [3.05, 3.63) is 59.7 Å². The zero-order valence-electron chi connectivity index (χ0n) is 15.8. The maximum Gasteiger partial charge on any atom is 0.337 e. The third-order valence-electron chi connectivity index (χ3n) is 4.79. The third-order valence-corrected chi connectivity index (χ3v) is 4.79. The van der Waals surface area contributed by atoms with Gasteiger partial charge >= 0.3 is 5.97 Å². The summed E-state index contributed by atoms with van der Waals surface area (Å²) in [6, 6.07) is 13.8. The van der Waals surface area contributed by atoms with E-state index in [1.165, 1.54) is 13.2 Å². The van der Waals surface area contributed by atoms with E-state index in [9.17, 15) is 14.4 Å². The normalized spacial score (nSPS) is 13.9. The van der Waals surface area contributed by atoms with Crippen LogP contribution in [0, 0.1) is 5.41 Å². The van der Waals surface area contributed by atoms with Gasteiger partial charge in [-0.05, 0) is 37.1 Å². The lowest BCUT2D eigenvalue weighted by atomic mass is 10.0. The van der Waals surface area contributed by atoms with Crippen LogP contribution in [0.1, 0.15) is 28.8 Å². The minimum atomic E-state index is -1.08. The van der Waals surface area contributed by atoms with E-state index in [2.05, 4.69) is 15.4 Å². The summed E-state index contributed by atoms with van der Waals surface area (Å²) in [5.41, 5.74) is 0.520. The first-order chi connectivity index (χ1) is 13.5. The van der Waals surface area contributed by atoms with Gasteiger partial charge in [0.25, 0.3) is 0 Å². The van der Waals surface area contributed by atoms with Crippen LogP contribution in [0.15, 0.2) is 48.5 Å². The average Bonchev–Trinajstić information content (AvgIpc) is 3.54. The molecule has 2 aromatic carbocycles. The second kappa shape index (κ2) is 8.12. The molecule has 7 nitrogen and oxygen atoms in total. The molecular formula is C21H22N2O5. The van der Waals surface area contributed by atoms with E-state index in [1.54, 1.807) is 25.3 Å². The smallest absolute Gasteiger partial charge is 0.337 e. The van der Waals surface area contributed by atoms with E-state index < -0.39 is 11.4 Å². The number of carbonyl (C=O) groups excluding carboxylic acids is 3. The molecule has 3 rings (SSSR count). The van der Waals surface area contributed by atoms with Gasteiger partial charge in [0.15, 0.2) is 0 Å². The van der Waals surface area contributed by atoms with E-state index in [4.69, 9.17) is 4.74 Å². The van der Waals surface area contributed by atoms with Gasteiger partial charge in [0, 0.05) is 17.8 Å². The van der Waals surface area contributed by atoms with Gasteiger partial charge in [0.05, 0.1) is 19.8 Å². The molecule has 1 aliphatic rings. The molecule has 1 saturated carbocycles. The second-order valence-electron chi connectivity index (χ2n) is 6.60. The van der Waals surface area contributed by atoms with Crippen molar-refractivity contribution in [2.75, 3.05) is 19.5 Å². The van der Waals surface area contributed by atoms with Crippen molar-refractivity contribution < 1.29 is 23.9 Å². The van der Waals surface area contributed by atoms with Gasteiger partial charge in [0.1, 0.15) is 11.2 Å². The van der Waals surface area contributed by atoms with Gasteiger partial charge in [-0.1, -0.05) is 24.3 Å². The number of nitrogens with one attached hydrogen (secondary N) is 2. The minimum absolute atomic E-state index is 0.274. The largest absolute Gasteiger partial charge is 0.496 e. The standard InChI is InChI=1S/C21H22N2O5/c1-27-17-9-4-3-6-15(17)13-22-19(25)21(10-11-21)20(26)23-16-8-5-7-14(12-16)18(24)28-2/h3-9,12H,10-11,13H2,1-2H3,(H,22,25)(H,23,26). The molecule has 2 aromatic rings. The van der Waals surface area contributed by atoms with Gasteiger partial charge in [-0.25, -0.2) is 4.79 Å². The van der Waals surface area contributed by atoms with Crippen molar-refractivity contribution in [2.24, 2.45) is 5.41 Å². The van der Waals surface area contributed by atoms with E-state index in [1.807, 2.05) is 24.3 Å². The molecule has 7 heteroatoms. The summed E-state index contributed by atoms with van der Waals surface area (Å²) in [5.74, 6) is -0.518. The molecule has 2 N–H and O–H groups in total. The third kappa shape index (κ3) is 3.98. The molecule has 0 spiro atoms. The summed E-state index contributed by atoms with van der Waals surface area (Å²) in [6.45, 7) is 0.274. The van der Waals surface area contributed by atoms with Gasteiger partial charge in [-0.15, -0.1) is 0 Å². The van der Waals surface area contributed by atoms with Crippen LogP contribution in [-0.4, -0.2) is 32.0 Å². The van der Waals surface area contributed by atoms with Crippen molar-refractivity contribution in [3.8, 4) is 5.75 Å². The number of para-hydroxylation sites is 1. The number of hydrogen-bond acceptors (Lipinski definition) is 5. The highest BCUT2D eigenvalue weighted by molar-refractivity contribution is 6.13. The maximum atomic E-state index is 12.7. The molecule has 146 valence electrons.